The Kier molecular flexibility index (Phi) is 1.93. The summed E-state index contributed by atoms with van der Waals surface area (Å²) < 4.78 is 5.59. The molecule has 3 heteroatoms. The maximum Gasteiger partial charge on any atom is 0.157 e. The Hall–Kier alpha value is -1.22. The lowest BCUT2D eigenvalue weighted by Crippen LogP contribution is -2.29. The molecule has 0 unspecified atom stereocenters. The zero-order valence-corrected chi connectivity index (χ0v) is 8.37. The highest BCUT2D eigenvalue weighted by atomic mass is 16.5. The van der Waals surface area contributed by atoms with E-state index in [-0.39, 0.29) is 17.1 Å². The zero-order chi connectivity index (χ0) is 10.3. The van der Waals surface area contributed by atoms with E-state index in [2.05, 4.69) is 0 Å². The summed E-state index contributed by atoms with van der Waals surface area (Å²) in [6.07, 6.45) is 0.784. The Labute approximate surface area is 83.0 Å². The molecule has 14 heavy (non-hydrogen) atoms. The summed E-state index contributed by atoms with van der Waals surface area (Å²) in [5, 5.41) is 18.8. The Balaban J connectivity index is 2.59. The average molecular weight is 194 g/mol. The second-order valence-electron chi connectivity index (χ2n) is 4.11. The van der Waals surface area contributed by atoms with Crippen molar-refractivity contribution in [3.05, 3.63) is 23.3 Å². The lowest BCUT2D eigenvalue weighted by atomic mass is 9.89. The number of aromatic hydroxyl groups is 2. The molecule has 1 aromatic rings. The van der Waals surface area contributed by atoms with E-state index in [4.69, 9.17) is 4.74 Å². The van der Waals surface area contributed by atoms with E-state index in [9.17, 15) is 10.2 Å². The Bertz CT molecular complexity index is 369. The molecule has 1 heterocycles. The lowest BCUT2D eigenvalue weighted by molar-refractivity contribution is -0.0317. The molecular weight excluding hydrogens is 180 g/mol. The van der Waals surface area contributed by atoms with Gasteiger partial charge in [-0.05, 0) is 43.5 Å². The summed E-state index contributed by atoms with van der Waals surface area (Å²) in [5.74, 6) is -0.135. The van der Waals surface area contributed by atoms with Crippen LogP contribution in [0.3, 0.4) is 0 Å². The van der Waals surface area contributed by atoms with Crippen LogP contribution in [0.4, 0.5) is 0 Å². The van der Waals surface area contributed by atoms with Gasteiger partial charge in [-0.2, -0.15) is 0 Å². The minimum atomic E-state index is -0.376. The van der Waals surface area contributed by atoms with Crippen molar-refractivity contribution in [2.45, 2.75) is 25.9 Å². The lowest BCUT2D eigenvalue weighted by Gasteiger charge is -2.33. The van der Waals surface area contributed by atoms with Crippen molar-refractivity contribution in [1.29, 1.82) is 0 Å². The standard InChI is InChI=1S/C11H14O3/c1-11(2)8-6-10(13)9(12)5-7(8)3-4-14-11/h5-6,12-13H,3-4H2,1-2H3. The molecule has 2 N–H and O–H groups in total. The maximum atomic E-state index is 9.40. The minimum absolute atomic E-state index is 0.0542. The van der Waals surface area contributed by atoms with Gasteiger partial charge in [-0.25, -0.2) is 0 Å². The SMILES string of the molecule is CC1(C)OCCc2cc(O)c(O)cc21. The molecule has 3 nitrogen and oxygen atoms in total. The number of hydrogen-bond donors (Lipinski definition) is 2. The Morgan fingerprint density at radius 1 is 1.21 bits per heavy atom. The van der Waals surface area contributed by atoms with E-state index in [1.807, 2.05) is 13.8 Å². The summed E-state index contributed by atoms with van der Waals surface area (Å²) in [4.78, 5) is 0. The topological polar surface area (TPSA) is 49.7 Å². The minimum Gasteiger partial charge on any atom is -0.504 e. The highest BCUT2D eigenvalue weighted by Crippen LogP contribution is 2.38. The van der Waals surface area contributed by atoms with Crippen LogP contribution in [0.2, 0.25) is 0 Å². The number of hydrogen-bond acceptors (Lipinski definition) is 3. The summed E-state index contributed by atoms with van der Waals surface area (Å²) >= 11 is 0. The summed E-state index contributed by atoms with van der Waals surface area (Å²) in [6.45, 7) is 4.58. The van der Waals surface area contributed by atoms with Gasteiger partial charge >= 0.3 is 0 Å². The molecule has 76 valence electrons. The van der Waals surface area contributed by atoms with Gasteiger partial charge in [0.1, 0.15) is 0 Å². The first-order valence-electron chi connectivity index (χ1n) is 4.70. The van der Waals surface area contributed by atoms with E-state index < -0.39 is 0 Å². The number of ether oxygens (including phenoxy) is 1. The Morgan fingerprint density at radius 2 is 1.86 bits per heavy atom. The fourth-order valence-electron chi connectivity index (χ4n) is 1.88. The third-order valence-corrected chi connectivity index (χ3v) is 2.68. The predicted octanol–water partition coefficient (Wildman–Crippen LogP) is 1.91. The molecule has 0 aliphatic carbocycles. The van der Waals surface area contributed by atoms with Crippen LogP contribution in [0.1, 0.15) is 25.0 Å². The molecule has 0 aromatic heterocycles. The maximum absolute atomic E-state index is 9.40. The normalized spacial score (nSPS) is 19.0. The first kappa shape index (κ1) is 9.34. The van der Waals surface area contributed by atoms with Crippen molar-refractivity contribution in [2.24, 2.45) is 0 Å². The van der Waals surface area contributed by atoms with Gasteiger partial charge in [-0.15, -0.1) is 0 Å². The average Bonchev–Trinajstić information content (AvgIpc) is 2.08. The van der Waals surface area contributed by atoms with Gasteiger partial charge in [0.25, 0.3) is 0 Å². The number of benzene rings is 1. The second kappa shape index (κ2) is 2.89. The van der Waals surface area contributed by atoms with Crippen LogP contribution in [-0.2, 0) is 16.8 Å². The molecule has 0 saturated heterocycles. The fraction of sp³-hybridized carbons (Fsp3) is 0.455. The van der Waals surface area contributed by atoms with Crippen molar-refractivity contribution >= 4 is 0 Å². The molecule has 0 amide bonds. The molecule has 0 radical (unpaired) electrons. The van der Waals surface area contributed by atoms with Gasteiger partial charge in [0.15, 0.2) is 11.5 Å². The van der Waals surface area contributed by atoms with E-state index in [1.54, 1.807) is 12.1 Å². The van der Waals surface area contributed by atoms with E-state index >= 15 is 0 Å². The molecule has 0 saturated carbocycles. The monoisotopic (exact) mass is 194 g/mol. The fourth-order valence-corrected chi connectivity index (χ4v) is 1.88. The van der Waals surface area contributed by atoms with Crippen molar-refractivity contribution < 1.29 is 14.9 Å². The molecule has 0 atom stereocenters. The van der Waals surface area contributed by atoms with Gasteiger partial charge < -0.3 is 14.9 Å². The zero-order valence-electron chi connectivity index (χ0n) is 8.37. The van der Waals surface area contributed by atoms with Crippen LogP contribution < -0.4 is 0 Å². The van der Waals surface area contributed by atoms with Crippen LogP contribution in [-0.4, -0.2) is 16.8 Å². The highest BCUT2D eigenvalue weighted by Gasteiger charge is 2.29. The number of fused-ring (bicyclic) bond motifs is 1. The smallest absolute Gasteiger partial charge is 0.157 e. The first-order chi connectivity index (χ1) is 6.50. The summed E-state index contributed by atoms with van der Waals surface area (Å²) in [7, 11) is 0. The Morgan fingerprint density at radius 3 is 2.57 bits per heavy atom. The molecule has 0 spiro atoms. The van der Waals surface area contributed by atoms with Crippen LogP contribution in [0.5, 0.6) is 11.5 Å². The number of rotatable bonds is 0. The van der Waals surface area contributed by atoms with Gasteiger partial charge in [0, 0.05) is 0 Å². The van der Waals surface area contributed by atoms with Crippen molar-refractivity contribution in [2.75, 3.05) is 6.61 Å². The summed E-state index contributed by atoms with van der Waals surface area (Å²) in [5.41, 5.74) is 1.63. The molecular formula is C11H14O3. The van der Waals surface area contributed by atoms with Crippen LogP contribution in [0.25, 0.3) is 0 Å². The largest absolute Gasteiger partial charge is 0.504 e. The van der Waals surface area contributed by atoms with E-state index in [0.29, 0.717) is 6.61 Å². The quantitative estimate of drug-likeness (QED) is 0.620. The molecule has 2 rings (SSSR count). The molecule has 1 aliphatic rings. The van der Waals surface area contributed by atoms with E-state index in [1.165, 1.54) is 0 Å². The number of phenols is 2. The summed E-state index contributed by atoms with van der Waals surface area (Å²) in [6, 6.07) is 3.21. The predicted molar refractivity (Wildman–Crippen MR) is 52.5 cm³/mol. The second-order valence-corrected chi connectivity index (χ2v) is 4.11. The third kappa shape index (κ3) is 1.34. The molecule has 1 aromatic carbocycles. The van der Waals surface area contributed by atoms with Crippen molar-refractivity contribution in [3.8, 4) is 11.5 Å². The first-order valence-corrected chi connectivity index (χ1v) is 4.70. The van der Waals surface area contributed by atoms with Gasteiger partial charge in [0.2, 0.25) is 0 Å². The van der Waals surface area contributed by atoms with Gasteiger partial charge in [0.05, 0.1) is 12.2 Å². The van der Waals surface area contributed by atoms with Crippen molar-refractivity contribution in [1.82, 2.24) is 0 Å². The number of phenolic OH excluding ortho intramolecular Hbond substituents is 2. The van der Waals surface area contributed by atoms with Gasteiger partial charge in [-0.1, -0.05) is 0 Å². The van der Waals surface area contributed by atoms with Crippen molar-refractivity contribution in [3.63, 3.8) is 0 Å². The van der Waals surface area contributed by atoms with Crippen LogP contribution in [0.15, 0.2) is 12.1 Å². The third-order valence-electron chi connectivity index (χ3n) is 2.68. The van der Waals surface area contributed by atoms with Crippen LogP contribution in [0, 0.1) is 0 Å². The molecule has 0 fully saturated rings. The van der Waals surface area contributed by atoms with Crippen LogP contribution >= 0.6 is 0 Å². The molecule has 1 aliphatic heterocycles. The highest BCUT2D eigenvalue weighted by molar-refractivity contribution is 5.48. The van der Waals surface area contributed by atoms with E-state index in [0.717, 1.165) is 17.5 Å². The molecule has 0 bridgehead atoms. The van der Waals surface area contributed by atoms with Gasteiger partial charge in [-0.3, -0.25) is 0 Å².